The van der Waals surface area contributed by atoms with E-state index in [0.717, 1.165) is 53.3 Å². The number of carbonyl (C=O) groups is 2. The maximum Gasteiger partial charge on any atom is 0.225 e. The van der Waals surface area contributed by atoms with Gasteiger partial charge in [-0.05, 0) is 63.5 Å². The number of aldehydes is 1. The van der Waals surface area contributed by atoms with E-state index in [9.17, 15) is 9.59 Å². The molecule has 2 fully saturated rings. The quantitative estimate of drug-likeness (QED) is 0.324. The molecule has 2 aliphatic carbocycles. The third-order valence-electron chi connectivity index (χ3n) is 7.47. The number of ketones is 1. The van der Waals surface area contributed by atoms with E-state index in [-0.39, 0.29) is 0 Å². The number of para-hydroxylation sites is 1. The molecule has 1 heterocycles. The molecule has 0 aliphatic heterocycles. The summed E-state index contributed by atoms with van der Waals surface area (Å²) in [5.74, 6) is 3.41. The second-order valence-electron chi connectivity index (χ2n) is 10.9. The third-order valence-corrected chi connectivity index (χ3v) is 7.47. The monoisotopic (exact) mass is 546 g/mol. The number of benzene rings is 2. The van der Waals surface area contributed by atoms with E-state index in [0.29, 0.717) is 17.7 Å². The molecule has 0 spiro atoms. The number of rotatable bonds is 5. The van der Waals surface area contributed by atoms with Crippen LogP contribution >= 0.6 is 0 Å². The molecule has 6 nitrogen and oxygen atoms in total. The number of Topliss-reactive ketones (excluding diaryl/α,β-unsaturated/α-hetero) is 1. The largest absolute Gasteiger partial charge is 0.362 e. The summed E-state index contributed by atoms with van der Waals surface area (Å²) in [7, 11) is 4.06. The first-order valence-electron chi connectivity index (χ1n) is 15.1. The van der Waals surface area contributed by atoms with Crippen molar-refractivity contribution in [3.05, 3.63) is 60.2 Å². The Hall–Kier alpha value is -3.28. The molecular weight excluding hydrogens is 496 g/mol. The highest BCUT2D eigenvalue weighted by molar-refractivity contribution is 5.90. The minimum atomic E-state index is 0.398. The summed E-state index contributed by atoms with van der Waals surface area (Å²) >= 11 is 0. The zero-order valence-corrected chi connectivity index (χ0v) is 25.5. The number of fused-ring (bicyclic) bond motifs is 1. The van der Waals surface area contributed by atoms with Crippen LogP contribution in [0, 0.1) is 11.8 Å². The predicted octanol–water partition coefficient (Wildman–Crippen LogP) is 8.37. The van der Waals surface area contributed by atoms with Crippen LogP contribution in [0.1, 0.15) is 95.8 Å². The van der Waals surface area contributed by atoms with Crippen molar-refractivity contribution >= 4 is 34.7 Å². The van der Waals surface area contributed by atoms with Gasteiger partial charge in [0.2, 0.25) is 5.95 Å². The summed E-state index contributed by atoms with van der Waals surface area (Å²) in [6, 6.07) is 17.8. The van der Waals surface area contributed by atoms with Crippen LogP contribution in [-0.4, -0.2) is 42.2 Å². The van der Waals surface area contributed by atoms with Gasteiger partial charge in [0, 0.05) is 37.0 Å². The highest BCUT2D eigenvalue weighted by Crippen LogP contribution is 2.28. The molecule has 5 rings (SSSR count). The van der Waals surface area contributed by atoms with Gasteiger partial charge in [0.05, 0.1) is 5.52 Å². The lowest BCUT2D eigenvalue weighted by Crippen LogP contribution is -2.26. The number of hydrogen-bond acceptors (Lipinski definition) is 6. The van der Waals surface area contributed by atoms with E-state index >= 15 is 0 Å². The number of nitrogens with zero attached hydrogens (tertiary/aromatic N) is 3. The van der Waals surface area contributed by atoms with Gasteiger partial charge in [-0.25, -0.2) is 4.98 Å². The lowest BCUT2D eigenvalue weighted by molar-refractivity contribution is -0.121. The molecule has 0 atom stereocenters. The third kappa shape index (κ3) is 11.1. The van der Waals surface area contributed by atoms with Crippen molar-refractivity contribution in [3.8, 4) is 0 Å². The number of hydrogen-bond donors (Lipinski definition) is 1. The highest BCUT2D eigenvalue weighted by atomic mass is 16.1. The van der Waals surface area contributed by atoms with Crippen LogP contribution in [0.15, 0.2) is 54.6 Å². The summed E-state index contributed by atoms with van der Waals surface area (Å²) in [5, 5.41) is 4.64. The molecule has 3 aromatic rings. The number of carbonyl (C=O) groups excluding carboxylic acids is 2. The Labute approximate surface area is 242 Å². The Morgan fingerprint density at radius 1 is 0.850 bits per heavy atom. The first kappa shape index (κ1) is 32.9. The lowest BCUT2D eigenvalue weighted by Gasteiger charge is -2.27. The molecule has 0 bridgehead atoms. The van der Waals surface area contributed by atoms with E-state index in [1.165, 1.54) is 44.9 Å². The van der Waals surface area contributed by atoms with Crippen LogP contribution in [-0.2, 0) is 4.79 Å². The maximum atomic E-state index is 10.8. The molecule has 2 aromatic carbocycles. The van der Waals surface area contributed by atoms with E-state index < -0.39 is 0 Å². The molecule has 1 aromatic heterocycles. The molecule has 218 valence electrons. The second kappa shape index (κ2) is 18.1. The minimum Gasteiger partial charge on any atom is -0.362 e. The molecule has 2 aliphatic rings. The SMILES string of the molecule is CC.CC(=O)C1CCCCC1.CC1CCC(Nc2nc(N(C)C)c3ccccc3n2)CC1.O=Cc1ccccc1. The average molecular weight is 547 g/mol. The van der Waals surface area contributed by atoms with Crippen molar-refractivity contribution in [2.75, 3.05) is 24.3 Å². The zero-order chi connectivity index (χ0) is 29.3. The molecule has 0 unspecified atom stereocenters. The Morgan fingerprint density at radius 2 is 1.45 bits per heavy atom. The van der Waals surface area contributed by atoms with Gasteiger partial charge in [-0.15, -0.1) is 0 Å². The first-order chi connectivity index (χ1) is 19.4. The Kier molecular flexibility index (Phi) is 14.9. The van der Waals surface area contributed by atoms with Gasteiger partial charge in [-0.3, -0.25) is 9.59 Å². The van der Waals surface area contributed by atoms with Gasteiger partial charge >= 0.3 is 0 Å². The van der Waals surface area contributed by atoms with Crippen LogP contribution < -0.4 is 10.2 Å². The minimum absolute atomic E-state index is 0.398. The fourth-order valence-electron chi connectivity index (χ4n) is 5.09. The summed E-state index contributed by atoms with van der Waals surface area (Å²) in [6.07, 6.45) is 12.0. The van der Waals surface area contributed by atoms with Gasteiger partial charge < -0.3 is 10.2 Å². The topological polar surface area (TPSA) is 75.2 Å². The molecule has 2 saturated carbocycles. The van der Waals surface area contributed by atoms with Crippen molar-refractivity contribution in [1.82, 2.24) is 9.97 Å². The molecule has 0 saturated heterocycles. The Balaban J connectivity index is 0.000000243. The summed E-state index contributed by atoms with van der Waals surface area (Å²) in [6.45, 7) is 8.06. The van der Waals surface area contributed by atoms with E-state index in [1.54, 1.807) is 19.1 Å². The summed E-state index contributed by atoms with van der Waals surface area (Å²) in [5.41, 5.74) is 1.73. The van der Waals surface area contributed by atoms with Gasteiger partial charge in [0.25, 0.3) is 0 Å². The van der Waals surface area contributed by atoms with Gasteiger partial charge in [0.1, 0.15) is 17.9 Å². The fraction of sp³-hybridized carbons (Fsp3) is 0.529. The van der Waals surface area contributed by atoms with E-state index in [2.05, 4.69) is 34.3 Å². The molecule has 0 radical (unpaired) electrons. The molecule has 6 heteroatoms. The maximum absolute atomic E-state index is 10.8. The standard InChI is InChI=1S/C17H24N4.C8H14O.C7H6O.C2H6/c1-12-8-10-13(11-9-12)18-17-19-15-7-5-4-6-14(15)16(20-17)21(2)3;1-7(9)8-5-3-2-4-6-8;8-6-7-4-2-1-3-5-7;1-2/h4-7,12-13H,8-11H2,1-3H3,(H,18,19,20);8H,2-6H2,1H3;1-6H;1-2H3. The van der Waals surface area contributed by atoms with Crippen LogP contribution in [0.25, 0.3) is 10.9 Å². The number of aromatic nitrogens is 2. The van der Waals surface area contributed by atoms with Crippen molar-refractivity contribution in [1.29, 1.82) is 0 Å². The van der Waals surface area contributed by atoms with Gasteiger partial charge in [-0.2, -0.15) is 4.98 Å². The Bertz CT molecular complexity index is 1140. The van der Waals surface area contributed by atoms with Gasteiger partial charge in [0.15, 0.2) is 0 Å². The van der Waals surface area contributed by atoms with Crippen LogP contribution in [0.5, 0.6) is 0 Å². The molecular formula is C34H50N4O2. The smallest absolute Gasteiger partial charge is 0.225 e. The van der Waals surface area contributed by atoms with E-state index in [4.69, 9.17) is 4.98 Å². The number of anilines is 2. The second-order valence-corrected chi connectivity index (χ2v) is 10.9. The van der Waals surface area contributed by atoms with E-state index in [1.807, 2.05) is 58.3 Å². The van der Waals surface area contributed by atoms with Crippen molar-refractivity contribution in [3.63, 3.8) is 0 Å². The van der Waals surface area contributed by atoms with Crippen molar-refractivity contribution < 1.29 is 9.59 Å². The van der Waals surface area contributed by atoms with Crippen molar-refractivity contribution in [2.45, 2.75) is 91.5 Å². The zero-order valence-electron chi connectivity index (χ0n) is 25.5. The summed E-state index contributed by atoms with van der Waals surface area (Å²) in [4.78, 5) is 32.3. The fourth-order valence-corrected chi connectivity index (χ4v) is 5.09. The summed E-state index contributed by atoms with van der Waals surface area (Å²) < 4.78 is 0. The number of nitrogens with one attached hydrogen (secondary N) is 1. The molecule has 0 amide bonds. The average Bonchev–Trinajstić information content (AvgIpc) is 3.00. The Morgan fingerprint density at radius 3 is 1.98 bits per heavy atom. The first-order valence-corrected chi connectivity index (χ1v) is 15.1. The van der Waals surface area contributed by atoms with Crippen LogP contribution in [0.4, 0.5) is 11.8 Å². The normalized spacial score (nSPS) is 18.4. The lowest BCUT2D eigenvalue weighted by atomic mass is 9.87. The highest BCUT2D eigenvalue weighted by Gasteiger charge is 2.19. The predicted molar refractivity (Wildman–Crippen MR) is 169 cm³/mol. The molecule has 1 N–H and O–H groups in total. The molecule has 40 heavy (non-hydrogen) atoms. The van der Waals surface area contributed by atoms with Crippen molar-refractivity contribution in [2.24, 2.45) is 11.8 Å². The van der Waals surface area contributed by atoms with Crippen LogP contribution in [0.2, 0.25) is 0 Å². The van der Waals surface area contributed by atoms with Gasteiger partial charge in [-0.1, -0.05) is 82.5 Å². The van der Waals surface area contributed by atoms with Crippen LogP contribution in [0.3, 0.4) is 0 Å².